The minimum atomic E-state index is -0.813. The molecule has 1 aliphatic heterocycles. The number of piperidine rings is 1. The Morgan fingerprint density at radius 1 is 1.35 bits per heavy atom. The minimum Gasteiger partial charge on any atom is -0.465 e. The maximum absolute atomic E-state index is 10.8. The molecule has 0 aromatic heterocycles. The van der Waals surface area contributed by atoms with Crippen molar-refractivity contribution in [2.45, 2.75) is 12.8 Å². The Bertz CT molecular complexity index is 446. The lowest BCUT2D eigenvalue weighted by atomic mass is 10.0. The average Bonchev–Trinajstić information content (AvgIpc) is 2.29. The van der Waals surface area contributed by atoms with E-state index in [2.05, 4.69) is 34.1 Å². The molecule has 0 atom stereocenters. The summed E-state index contributed by atoms with van der Waals surface area (Å²) in [4.78, 5) is 12.2. The van der Waals surface area contributed by atoms with Gasteiger partial charge < -0.3 is 10.0 Å². The average molecular weight is 296 g/mol. The predicted molar refractivity (Wildman–Crippen MR) is 71.0 cm³/mol. The van der Waals surface area contributed by atoms with E-state index in [1.807, 2.05) is 12.1 Å². The summed E-state index contributed by atoms with van der Waals surface area (Å²) in [7, 11) is 0. The van der Waals surface area contributed by atoms with Crippen molar-refractivity contribution in [3.05, 3.63) is 39.9 Å². The topological polar surface area (TPSA) is 40.5 Å². The summed E-state index contributed by atoms with van der Waals surface area (Å²) in [6.45, 7) is 1.21. The highest BCUT2D eigenvalue weighted by atomic mass is 79.9. The molecule has 1 fully saturated rings. The first kappa shape index (κ1) is 12.2. The van der Waals surface area contributed by atoms with E-state index in [0.29, 0.717) is 13.1 Å². The van der Waals surface area contributed by atoms with E-state index in [9.17, 15) is 4.79 Å². The van der Waals surface area contributed by atoms with E-state index in [0.717, 1.165) is 22.9 Å². The van der Waals surface area contributed by atoms with Gasteiger partial charge in [-0.25, -0.2) is 4.79 Å². The van der Waals surface area contributed by atoms with Gasteiger partial charge in [-0.1, -0.05) is 39.7 Å². The van der Waals surface area contributed by atoms with E-state index >= 15 is 0 Å². The molecule has 1 aliphatic rings. The SMILES string of the molecule is O=C(O)N1CCC(=Cc2cccc(Br)c2)CC1. The molecule has 17 heavy (non-hydrogen) atoms. The second kappa shape index (κ2) is 5.36. The maximum atomic E-state index is 10.8. The number of rotatable bonds is 1. The smallest absolute Gasteiger partial charge is 0.407 e. The quantitative estimate of drug-likeness (QED) is 0.860. The normalized spacial score (nSPS) is 15.8. The van der Waals surface area contributed by atoms with Gasteiger partial charge in [0.25, 0.3) is 0 Å². The van der Waals surface area contributed by atoms with Gasteiger partial charge in [0, 0.05) is 17.6 Å². The molecule has 1 heterocycles. The summed E-state index contributed by atoms with van der Waals surface area (Å²) in [5.41, 5.74) is 2.48. The zero-order valence-corrected chi connectivity index (χ0v) is 11.0. The lowest BCUT2D eigenvalue weighted by Crippen LogP contribution is -2.35. The largest absolute Gasteiger partial charge is 0.465 e. The van der Waals surface area contributed by atoms with Crippen molar-refractivity contribution in [3.8, 4) is 0 Å². The molecular formula is C13H14BrNO2. The Morgan fingerprint density at radius 3 is 2.65 bits per heavy atom. The van der Waals surface area contributed by atoms with Crippen LogP contribution in [0.3, 0.4) is 0 Å². The molecule has 1 N–H and O–H groups in total. The number of amides is 1. The number of likely N-dealkylation sites (tertiary alicyclic amines) is 1. The Balaban J connectivity index is 2.03. The van der Waals surface area contributed by atoms with Crippen LogP contribution in [0.5, 0.6) is 0 Å². The second-order valence-electron chi connectivity index (χ2n) is 4.13. The Labute approximate surface area is 109 Å². The van der Waals surface area contributed by atoms with Crippen LogP contribution in [0.4, 0.5) is 4.79 Å². The summed E-state index contributed by atoms with van der Waals surface area (Å²) in [5.74, 6) is 0. The van der Waals surface area contributed by atoms with Gasteiger partial charge in [0.15, 0.2) is 0 Å². The molecule has 0 spiro atoms. The maximum Gasteiger partial charge on any atom is 0.407 e. The molecule has 1 amide bonds. The molecule has 1 saturated heterocycles. The molecule has 0 saturated carbocycles. The van der Waals surface area contributed by atoms with Crippen molar-refractivity contribution in [3.63, 3.8) is 0 Å². The van der Waals surface area contributed by atoms with Crippen LogP contribution in [0.15, 0.2) is 34.3 Å². The van der Waals surface area contributed by atoms with E-state index in [-0.39, 0.29) is 0 Å². The van der Waals surface area contributed by atoms with Crippen LogP contribution in [0, 0.1) is 0 Å². The molecule has 1 aromatic rings. The van der Waals surface area contributed by atoms with Crippen molar-refractivity contribution >= 4 is 28.1 Å². The zero-order chi connectivity index (χ0) is 12.3. The number of carbonyl (C=O) groups is 1. The van der Waals surface area contributed by atoms with Crippen molar-refractivity contribution in [2.24, 2.45) is 0 Å². The molecular weight excluding hydrogens is 282 g/mol. The zero-order valence-electron chi connectivity index (χ0n) is 9.40. The van der Waals surface area contributed by atoms with Crippen molar-refractivity contribution in [1.29, 1.82) is 0 Å². The molecule has 2 rings (SSSR count). The molecule has 0 radical (unpaired) electrons. The van der Waals surface area contributed by atoms with Gasteiger partial charge in [0.05, 0.1) is 0 Å². The molecule has 0 unspecified atom stereocenters. The van der Waals surface area contributed by atoms with Crippen LogP contribution in [0.25, 0.3) is 6.08 Å². The first-order valence-corrected chi connectivity index (χ1v) is 6.37. The fourth-order valence-electron chi connectivity index (χ4n) is 1.96. The van der Waals surface area contributed by atoms with E-state index < -0.39 is 6.09 Å². The monoisotopic (exact) mass is 295 g/mol. The Kier molecular flexibility index (Phi) is 3.84. The number of hydrogen-bond donors (Lipinski definition) is 1. The van der Waals surface area contributed by atoms with Crippen LogP contribution in [-0.4, -0.2) is 29.2 Å². The summed E-state index contributed by atoms with van der Waals surface area (Å²) in [5, 5.41) is 8.85. The summed E-state index contributed by atoms with van der Waals surface area (Å²) >= 11 is 3.44. The highest BCUT2D eigenvalue weighted by molar-refractivity contribution is 9.10. The van der Waals surface area contributed by atoms with Crippen molar-refractivity contribution in [2.75, 3.05) is 13.1 Å². The van der Waals surface area contributed by atoms with Crippen LogP contribution >= 0.6 is 15.9 Å². The highest BCUT2D eigenvalue weighted by Crippen LogP contribution is 2.21. The highest BCUT2D eigenvalue weighted by Gasteiger charge is 2.17. The van der Waals surface area contributed by atoms with E-state index in [1.165, 1.54) is 10.5 Å². The predicted octanol–water partition coefficient (Wildman–Crippen LogP) is 3.61. The van der Waals surface area contributed by atoms with Gasteiger partial charge in [0.2, 0.25) is 0 Å². The number of carboxylic acid groups (broad SMARTS) is 1. The van der Waals surface area contributed by atoms with Gasteiger partial charge >= 0.3 is 6.09 Å². The van der Waals surface area contributed by atoms with Crippen molar-refractivity contribution < 1.29 is 9.90 Å². The Hall–Kier alpha value is -1.29. The lowest BCUT2D eigenvalue weighted by Gasteiger charge is -2.25. The fourth-order valence-corrected chi connectivity index (χ4v) is 2.38. The molecule has 3 nitrogen and oxygen atoms in total. The number of benzene rings is 1. The third kappa shape index (κ3) is 3.33. The number of halogens is 1. The third-order valence-electron chi connectivity index (χ3n) is 2.90. The number of hydrogen-bond acceptors (Lipinski definition) is 1. The van der Waals surface area contributed by atoms with E-state index in [1.54, 1.807) is 0 Å². The molecule has 90 valence electrons. The molecule has 4 heteroatoms. The van der Waals surface area contributed by atoms with Crippen LogP contribution < -0.4 is 0 Å². The third-order valence-corrected chi connectivity index (χ3v) is 3.39. The minimum absolute atomic E-state index is 0.606. The molecule has 0 aliphatic carbocycles. The summed E-state index contributed by atoms with van der Waals surface area (Å²) < 4.78 is 1.06. The van der Waals surface area contributed by atoms with E-state index in [4.69, 9.17) is 5.11 Å². The molecule has 0 bridgehead atoms. The van der Waals surface area contributed by atoms with Gasteiger partial charge in [0.1, 0.15) is 0 Å². The second-order valence-corrected chi connectivity index (χ2v) is 5.04. The van der Waals surface area contributed by atoms with Gasteiger partial charge in [-0.3, -0.25) is 0 Å². The summed E-state index contributed by atoms with van der Waals surface area (Å²) in [6, 6.07) is 8.12. The first-order valence-electron chi connectivity index (χ1n) is 5.58. The first-order chi connectivity index (χ1) is 8.15. The number of nitrogens with zero attached hydrogens (tertiary/aromatic N) is 1. The standard InChI is InChI=1S/C13H14BrNO2/c14-12-3-1-2-11(9-12)8-10-4-6-15(7-5-10)13(16)17/h1-3,8-9H,4-7H2,(H,16,17). The van der Waals surface area contributed by atoms with Crippen molar-refractivity contribution in [1.82, 2.24) is 4.90 Å². The van der Waals surface area contributed by atoms with Crippen LogP contribution in [0.2, 0.25) is 0 Å². The van der Waals surface area contributed by atoms with Crippen LogP contribution in [-0.2, 0) is 0 Å². The summed E-state index contributed by atoms with van der Waals surface area (Å²) in [6.07, 6.45) is 3.01. The fraction of sp³-hybridized carbons (Fsp3) is 0.308. The van der Waals surface area contributed by atoms with Crippen LogP contribution in [0.1, 0.15) is 18.4 Å². The van der Waals surface area contributed by atoms with Gasteiger partial charge in [-0.2, -0.15) is 0 Å². The lowest BCUT2D eigenvalue weighted by molar-refractivity contribution is 0.142. The van der Waals surface area contributed by atoms with Gasteiger partial charge in [-0.05, 0) is 30.5 Å². The molecule has 1 aromatic carbocycles. The van der Waals surface area contributed by atoms with Gasteiger partial charge in [-0.15, -0.1) is 0 Å². The Morgan fingerprint density at radius 2 is 2.06 bits per heavy atom.